The van der Waals surface area contributed by atoms with Crippen molar-refractivity contribution in [2.75, 3.05) is 0 Å². The van der Waals surface area contributed by atoms with Crippen molar-refractivity contribution in [1.29, 1.82) is 0 Å². The smallest absolute Gasteiger partial charge is 0.144 e. The Morgan fingerprint density at radius 1 is 1.16 bits per heavy atom. The topological polar surface area (TPSA) is 37.3 Å². The first-order valence-electron chi connectivity index (χ1n) is 10.2. The molecule has 7 atom stereocenters. The number of terminal acetylenes is 1. The number of aliphatic hydroxyl groups is 1. The molecule has 4 rings (SSSR count). The van der Waals surface area contributed by atoms with E-state index in [1.165, 1.54) is 31.3 Å². The van der Waals surface area contributed by atoms with Gasteiger partial charge in [-0.3, -0.25) is 4.79 Å². The molecule has 4 aliphatic rings. The maximum Gasteiger partial charge on any atom is 0.144 e. The van der Waals surface area contributed by atoms with Crippen molar-refractivity contribution in [3.05, 3.63) is 11.6 Å². The average Bonchev–Trinajstić information content (AvgIpc) is 2.93. The van der Waals surface area contributed by atoms with Gasteiger partial charge >= 0.3 is 0 Å². The van der Waals surface area contributed by atoms with Gasteiger partial charge in [0.1, 0.15) is 11.4 Å². The van der Waals surface area contributed by atoms with Crippen molar-refractivity contribution in [2.24, 2.45) is 34.5 Å². The largest absolute Gasteiger partial charge is 0.374 e. The number of carbonyl (C=O) groups is 1. The molecule has 0 spiro atoms. The number of allylic oxidation sites excluding steroid dienone is 1. The third-order valence-electron chi connectivity index (χ3n) is 8.92. The van der Waals surface area contributed by atoms with E-state index in [-0.39, 0.29) is 16.7 Å². The molecule has 4 aliphatic carbocycles. The molecule has 0 aromatic heterocycles. The van der Waals surface area contributed by atoms with Gasteiger partial charge in [-0.05, 0) is 93.0 Å². The van der Waals surface area contributed by atoms with Crippen LogP contribution in [0.2, 0.25) is 0 Å². The highest BCUT2D eigenvalue weighted by atomic mass is 16.3. The molecule has 0 aliphatic heterocycles. The third kappa shape index (κ3) is 2.31. The SMILES string of the molecule is C#C[C@]1(O)C=C2CCC3C(CC[C@@]4(C)C3CC[C@@H]4C(C)=O)[C@@]2(C)CC1. The highest BCUT2D eigenvalue weighted by Crippen LogP contribution is 2.67. The molecule has 0 aromatic carbocycles. The first-order valence-corrected chi connectivity index (χ1v) is 10.2. The number of ketones is 1. The summed E-state index contributed by atoms with van der Waals surface area (Å²) in [6.45, 7) is 6.62. The maximum absolute atomic E-state index is 12.2. The van der Waals surface area contributed by atoms with Gasteiger partial charge in [-0.1, -0.05) is 25.3 Å². The van der Waals surface area contributed by atoms with Crippen LogP contribution in [0.5, 0.6) is 0 Å². The Bertz CT molecular complexity index is 670. The molecule has 3 fully saturated rings. The lowest BCUT2D eigenvalue weighted by Gasteiger charge is -2.58. The summed E-state index contributed by atoms with van der Waals surface area (Å²) in [5.41, 5.74) is 0.795. The van der Waals surface area contributed by atoms with Crippen LogP contribution in [0.25, 0.3) is 0 Å². The summed E-state index contributed by atoms with van der Waals surface area (Å²) in [5, 5.41) is 10.6. The van der Waals surface area contributed by atoms with Crippen LogP contribution >= 0.6 is 0 Å². The van der Waals surface area contributed by atoms with Crippen LogP contribution in [-0.4, -0.2) is 16.5 Å². The zero-order valence-electron chi connectivity index (χ0n) is 16.0. The fourth-order valence-electron chi connectivity index (χ4n) is 7.50. The molecule has 0 aromatic rings. The summed E-state index contributed by atoms with van der Waals surface area (Å²) in [7, 11) is 0. The van der Waals surface area contributed by atoms with E-state index < -0.39 is 5.60 Å². The second-order valence-corrected chi connectivity index (χ2v) is 9.86. The average molecular weight is 341 g/mol. The molecule has 0 heterocycles. The Morgan fingerprint density at radius 3 is 2.60 bits per heavy atom. The maximum atomic E-state index is 12.2. The van der Waals surface area contributed by atoms with Crippen LogP contribution in [0, 0.1) is 46.8 Å². The molecule has 2 nitrogen and oxygen atoms in total. The van der Waals surface area contributed by atoms with Gasteiger partial charge < -0.3 is 5.11 Å². The number of rotatable bonds is 1. The van der Waals surface area contributed by atoms with Gasteiger partial charge in [0.15, 0.2) is 0 Å². The molecule has 0 amide bonds. The van der Waals surface area contributed by atoms with Crippen LogP contribution < -0.4 is 0 Å². The molecule has 25 heavy (non-hydrogen) atoms. The van der Waals surface area contributed by atoms with E-state index >= 15 is 0 Å². The summed E-state index contributed by atoms with van der Waals surface area (Å²) in [4.78, 5) is 12.2. The van der Waals surface area contributed by atoms with Gasteiger partial charge in [0.2, 0.25) is 0 Å². The fourth-order valence-corrected chi connectivity index (χ4v) is 7.50. The predicted octanol–water partition coefficient (Wildman–Crippen LogP) is 4.52. The van der Waals surface area contributed by atoms with Gasteiger partial charge in [-0.2, -0.15) is 0 Å². The van der Waals surface area contributed by atoms with Gasteiger partial charge in [0.05, 0.1) is 0 Å². The molecule has 0 bridgehead atoms. The Morgan fingerprint density at radius 2 is 1.92 bits per heavy atom. The highest BCUT2D eigenvalue weighted by Gasteiger charge is 2.60. The molecule has 1 N–H and O–H groups in total. The number of fused-ring (bicyclic) bond motifs is 5. The minimum absolute atomic E-state index is 0.196. The van der Waals surface area contributed by atoms with E-state index in [9.17, 15) is 9.90 Å². The normalized spacial score (nSPS) is 51.6. The van der Waals surface area contributed by atoms with Gasteiger partial charge in [0, 0.05) is 5.92 Å². The van der Waals surface area contributed by atoms with Gasteiger partial charge in [0.25, 0.3) is 0 Å². The zero-order valence-corrected chi connectivity index (χ0v) is 16.0. The molecule has 0 saturated heterocycles. The minimum Gasteiger partial charge on any atom is -0.374 e. The lowest BCUT2D eigenvalue weighted by molar-refractivity contribution is -0.128. The second kappa shape index (κ2) is 5.46. The van der Waals surface area contributed by atoms with Crippen molar-refractivity contribution in [2.45, 2.75) is 77.7 Å². The van der Waals surface area contributed by atoms with E-state index in [4.69, 9.17) is 6.42 Å². The summed E-state index contributed by atoms with van der Waals surface area (Å²) < 4.78 is 0. The lowest BCUT2D eigenvalue weighted by atomic mass is 9.46. The van der Waals surface area contributed by atoms with E-state index in [2.05, 4.69) is 19.8 Å². The van der Waals surface area contributed by atoms with Crippen LogP contribution in [0.3, 0.4) is 0 Å². The van der Waals surface area contributed by atoms with E-state index in [1.807, 2.05) is 6.08 Å². The van der Waals surface area contributed by atoms with E-state index in [0.29, 0.717) is 24.0 Å². The summed E-state index contributed by atoms with van der Waals surface area (Å²) in [5.74, 6) is 5.42. The highest BCUT2D eigenvalue weighted by molar-refractivity contribution is 5.79. The Balaban J connectivity index is 1.66. The van der Waals surface area contributed by atoms with Crippen LogP contribution in [0.4, 0.5) is 0 Å². The number of hydrogen-bond donors (Lipinski definition) is 1. The van der Waals surface area contributed by atoms with Crippen molar-refractivity contribution in [3.63, 3.8) is 0 Å². The van der Waals surface area contributed by atoms with E-state index in [0.717, 1.165) is 25.2 Å². The fraction of sp³-hybridized carbons (Fsp3) is 0.783. The number of hydrogen-bond acceptors (Lipinski definition) is 2. The minimum atomic E-state index is -1.03. The zero-order chi connectivity index (χ0) is 18.0. The summed E-state index contributed by atoms with van der Waals surface area (Å²) in [6.07, 6.45) is 16.3. The molecule has 3 saturated carbocycles. The van der Waals surface area contributed by atoms with E-state index in [1.54, 1.807) is 6.92 Å². The third-order valence-corrected chi connectivity index (χ3v) is 8.92. The standard InChI is InChI=1S/C23H32O2/c1-5-23(25)13-12-21(3)16(14-23)6-7-17-19-9-8-18(15(2)24)22(19,4)11-10-20(17)21/h1,14,17-20,25H,6-13H2,2-4H3/t17?,18-,19?,20?,21+,22-,23-/m1/s1. The molecule has 3 unspecified atom stereocenters. The molecular formula is C23H32O2. The van der Waals surface area contributed by atoms with Crippen molar-refractivity contribution in [3.8, 4) is 12.3 Å². The van der Waals surface area contributed by atoms with Crippen molar-refractivity contribution in [1.82, 2.24) is 0 Å². The Kier molecular flexibility index (Phi) is 3.79. The van der Waals surface area contributed by atoms with Crippen LogP contribution in [-0.2, 0) is 4.79 Å². The first kappa shape index (κ1) is 17.3. The molecule has 136 valence electrons. The van der Waals surface area contributed by atoms with Gasteiger partial charge in [-0.15, -0.1) is 6.42 Å². The molecule has 0 radical (unpaired) electrons. The first-order chi connectivity index (χ1) is 11.7. The van der Waals surface area contributed by atoms with Crippen molar-refractivity contribution < 1.29 is 9.90 Å². The second-order valence-electron chi connectivity index (χ2n) is 9.86. The Labute approximate surface area is 152 Å². The predicted molar refractivity (Wildman–Crippen MR) is 99.7 cm³/mol. The molecule has 2 heteroatoms. The van der Waals surface area contributed by atoms with Gasteiger partial charge in [-0.25, -0.2) is 0 Å². The molecular weight excluding hydrogens is 308 g/mol. The lowest BCUT2D eigenvalue weighted by Crippen LogP contribution is -2.52. The summed E-state index contributed by atoms with van der Waals surface area (Å²) in [6, 6.07) is 0. The van der Waals surface area contributed by atoms with Crippen LogP contribution in [0.1, 0.15) is 72.1 Å². The van der Waals surface area contributed by atoms with Crippen LogP contribution in [0.15, 0.2) is 11.6 Å². The summed E-state index contributed by atoms with van der Waals surface area (Å²) >= 11 is 0. The Hall–Kier alpha value is -1.07. The monoisotopic (exact) mass is 340 g/mol. The quantitative estimate of drug-likeness (QED) is 0.563. The van der Waals surface area contributed by atoms with Crippen molar-refractivity contribution >= 4 is 5.78 Å². The number of carbonyl (C=O) groups excluding carboxylic acids is 1. The number of Topliss-reactive ketones (excluding diaryl/α,β-unsaturated/α-hetero) is 1.